The SMILES string of the molecule is CCC(O)c1cn(-c2cc(C)ccc2OC)nn1. The molecule has 0 amide bonds. The highest BCUT2D eigenvalue weighted by Crippen LogP contribution is 2.24. The van der Waals surface area contributed by atoms with Crippen LogP contribution in [0, 0.1) is 6.92 Å². The van der Waals surface area contributed by atoms with Crippen LogP contribution in [0.1, 0.15) is 30.7 Å². The summed E-state index contributed by atoms with van der Waals surface area (Å²) >= 11 is 0. The zero-order chi connectivity index (χ0) is 13.1. The molecule has 1 atom stereocenters. The lowest BCUT2D eigenvalue weighted by molar-refractivity contribution is 0.169. The van der Waals surface area contributed by atoms with Crippen molar-refractivity contribution >= 4 is 0 Å². The first-order valence-corrected chi connectivity index (χ1v) is 5.91. The van der Waals surface area contributed by atoms with E-state index in [1.165, 1.54) is 0 Å². The Morgan fingerprint density at radius 3 is 2.89 bits per heavy atom. The smallest absolute Gasteiger partial charge is 0.144 e. The molecule has 0 fully saturated rings. The van der Waals surface area contributed by atoms with Gasteiger partial charge in [-0.1, -0.05) is 18.2 Å². The molecule has 0 spiro atoms. The number of ether oxygens (including phenoxy) is 1. The lowest BCUT2D eigenvalue weighted by atomic mass is 10.2. The Balaban J connectivity index is 2.42. The van der Waals surface area contributed by atoms with Crippen LogP contribution in [0.2, 0.25) is 0 Å². The van der Waals surface area contributed by atoms with Crippen LogP contribution in [-0.2, 0) is 0 Å². The van der Waals surface area contributed by atoms with Gasteiger partial charge in [-0.25, -0.2) is 4.68 Å². The molecule has 1 N–H and O–H groups in total. The molecule has 1 unspecified atom stereocenters. The van der Waals surface area contributed by atoms with Crippen LogP contribution < -0.4 is 4.74 Å². The fourth-order valence-corrected chi connectivity index (χ4v) is 1.74. The number of nitrogens with zero attached hydrogens (tertiary/aromatic N) is 3. The second-order valence-electron chi connectivity index (χ2n) is 4.19. The van der Waals surface area contributed by atoms with E-state index >= 15 is 0 Å². The molecule has 5 nitrogen and oxygen atoms in total. The van der Waals surface area contributed by atoms with Crippen LogP contribution in [0.3, 0.4) is 0 Å². The van der Waals surface area contributed by atoms with Gasteiger partial charge in [-0.2, -0.15) is 0 Å². The first-order chi connectivity index (χ1) is 8.65. The van der Waals surface area contributed by atoms with Gasteiger partial charge in [-0.3, -0.25) is 0 Å². The Kier molecular flexibility index (Phi) is 3.62. The van der Waals surface area contributed by atoms with Crippen LogP contribution in [-0.4, -0.2) is 27.2 Å². The molecule has 1 heterocycles. The van der Waals surface area contributed by atoms with Gasteiger partial charge in [0.05, 0.1) is 19.4 Å². The first kappa shape index (κ1) is 12.6. The fraction of sp³-hybridized carbons (Fsp3) is 0.385. The highest BCUT2D eigenvalue weighted by atomic mass is 16.5. The van der Waals surface area contributed by atoms with Gasteiger partial charge in [0.25, 0.3) is 0 Å². The molecule has 96 valence electrons. The Morgan fingerprint density at radius 1 is 1.44 bits per heavy atom. The third-order valence-electron chi connectivity index (χ3n) is 2.82. The summed E-state index contributed by atoms with van der Waals surface area (Å²) in [5.41, 5.74) is 2.50. The van der Waals surface area contributed by atoms with Gasteiger partial charge < -0.3 is 9.84 Å². The molecule has 1 aromatic heterocycles. The van der Waals surface area contributed by atoms with Crippen molar-refractivity contribution in [1.29, 1.82) is 0 Å². The molecule has 0 aliphatic carbocycles. The number of aromatic nitrogens is 3. The molecule has 0 bridgehead atoms. The second-order valence-corrected chi connectivity index (χ2v) is 4.19. The number of hydrogen-bond acceptors (Lipinski definition) is 4. The highest BCUT2D eigenvalue weighted by Gasteiger charge is 2.12. The molecular weight excluding hydrogens is 230 g/mol. The maximum Gasteiger partial charge on any atom is 0.144 e. The Labute approximate surface area is 106 Å². The topological polar surface area (TPSA) is 60.2 Å². The summed E-state index contributed by atoms with van der Waals surface area (Å²) in [4.78, 5) is 0. The maximum absolute atomic E-state index is 9.72. The van der Waals surface area contributed by atoms with Crippen molar-refractivity contribution < 1.29 is 9.84 Å². The van der Waals surface area contributed by atoms with E-state index in [-0.39, 0.29) is 0 Å². The van der Waals surface area contributed by atoms with E-state index in [4.69, 9.17) is 4.74 Å². The number of methoxy groups -OCH3 is 1. The lowest BCUT2D eigenvalue weighted by Gasteiger charge is -2.08. The number of rotatable bonds is 4. The molecule has 1 aromatic carbocycles. The van der Waals surface area contributed by atoms with Crippen molar-refractivity contribution in [2.75, 3.05) is 7.11 Å². The summed E-state index contributed by atoms with van der Waals surface area (Å²) in [6, 6.07) is 5.83. The summed E-state index contributed by atoms with van der Waals surface area (Å²) in [5.74, 6) is 0.725. The molecule has 2 aromatic rings. The number of aliphatic hydroxyl groups is 1. The summed E-state index contributed by atoms with van der Waals surface area (Å²) < 4.78 is 6.92. The van der Waals surface area contributed by atoms with Crippen molar-refractivity contribution in [1.82, 2.24) is 15.0 Å². The van der Waals surface area contributed by atoms with Gasteiger partial charge >= 0.3 is 0 Å². The summed E-state index contributed by atoms with van der Waals surface area (Å²) in [6.45, 7) is 3.90. The Morgan fingerprint density at radius 2 is 2.22 bits per heavy atom. The normalized spacial score (nSPS) is 12.4. The van der Waals surface area contributed by atoms with Crippen molar-refractivity contribution in [2.45, 2.75) is 26.4 Å². The molecule has 0 saturated heterocycles. The van der Waals surface area contributed by atoms with E-state index in [0.717, 1.165) is 17.0 Å². The minimum Gasteiger partial charge on any atom is -0.494 e. The molecule has 0 radical (unpaired) electrons. The second kappa shape index (κ2) is 5.18. The molecule has 2 rings (SSSR count). The lowest BCUT2D eigenvalue weighted by Crippen LogP contribution is -1.99. The van der Waals surface area contributed by atoms with E-state index in [1.807, 2.05) is 32.0 Å². The third kappa shape index (κ3) is 2.36. The van der Waals surface area contributed by atoms with Crippen LogP contribution >= 0.6 is 0 Å². The number of hydrogen-bond donors (Lipinski definition) is 1. The quantitative estimate of drug-likeness (QED) is 0.898. The van der Waals surface area contributed by atoms with E-state index < -0.39 is 6.10 Å². The van der Waals surface area contributed by atoms with Gasteiger partial charge in [-0.15, -0.1) is 5.10 Å². The summed E-state index contributed by atoms with van der Waals surface area (Å²) in [7, 11) is 1.62. The average Bonchev–Trinajstić information content (AvgIpc) is 2.87. The van der Waals surface area contributed by atoms with E-state index in [2.05, 4.69) is 10.3 Å². The third-order valence-corrected chi connectivity index (χ3v) is 2.82. The van der Waals surface area contributed by atoms with Gasteiger partial charge in [-0.05, 0) is 31.0 Å². The van der Waals surface area contributed by atoms with Crippen LogP contribution in [0.5, 0.6) is 5.75 Å². The van der Waals surface area contributed by atoms with E-state index in [1.54, 1.807) is 18.0 Å². The summed E-state index contributed by atoms with van der Waals surface area (Å²) in [6.07, 6.45) is 1.77. The van der Waals surface area contributed by atoms with Gasteiger partial charge in [0.2, 0.25) is 0 Å². The predicted molar refractivity (Wildman–Crippen MR) is 67.9 cm³/mol. The number of aryl methyl sites for hydroxylation is 1. The molecule has 18 heavy (non-hydrogen) atoms. The largest absolute Gasteiger partial charge is 0.494 e. The Hall–Kier alpha value is -1.88. The van der Waals surface area contributed by atoms with Crippen LogP contribution in [0.25, 0.3) is 5.69 Å². The van der Waals surface area contributed by atoms with Gasteiger partial charge in [0.1, 0.15) is 17.1 Å². The molecule has 0 aliphatic rings. The molecule has 0 aliphatic heterocycles. The summed E-state index contributed by atoms with van der Waals surface area (Å²) in [5, 5.41) is 17.7. The molecule has 0 saturated carbocycles. The van der Waals surface area contributed by atoms with Crippen LogP contribution in [0.15, 0.2) is 24.4 Å². The van der Waals surface area contributed by atoms with Crippen molar-refractivity contribution in [3.63, 3.8) is 0 Å². The zero-order valence-corrected chi connectivity index (χ0v) is 10.8. The standard InChI is InChI=1S/C13H17N3O2/c1-4-12(17)10-8-16(15-14-10)11-7-9(2)5-6-13(11)18-3/h5-8,12,17H,4H2,1-3H3. The van der Waals surface area contributed by atoms with Crippen molar-refractivity contribution in [3.05, 3.63) is 35.7 Å². The molecular formula is C13H17N3O2. The predicted octanol–water partition coefficient (Wildman–Crippen LogP) is 2.03. The maximum atomic E-state index is 9.72. The minimum atomic E-state index is -0.574. The van der Waals surface area contributed by atoms with Gasteiger partial charge in [0, 0.05) is 0 Å². The van der Waals surface area contributed by atoms with E-state index in [0.29, 0.717) is 12.1 Å². The minimum absolute atomic E-state index is 0.570. The van der Waals surface area contributed by atoms with E-state index in [9.17, 15) is 5.11 Å². The van der Waals surface area contributed by atoms with Crippen molar-refractivity contribution in [2.24, 2.45) is 0 Å². The number of benzene rings is 1. The van der Waals surface area contributed by atoms with Crippen molar-refractivity contribution in [3.8, 4) is 11.4 Å². The van der Waals surface area contributed by atoms with Gasteiger partial charge in [0.15, 0.2) is 0 Å². The zero-order valence-electron chi connectivity index (χ0n) is 10.8. The Bertz CT molecular complexity index is 537. The highest BCUT2D eigenvalue weighted by molar-refractivity contribution is 5.48. The average molecular weight is 247 g/mol. The fourth-order valence-electron chi connectivity index (χ4n) is 1.74. The van der Waals surface area contributed by atoms with Crippen LogP contribution in [0.4, 0.5) is 0 Å². The molecule has 5 heteroatoms. The first-order valence-electron chi connectivity index (χ1n) is 5.91. The monoisotopic (exact) mass is 247 g/mol. The number of aliphatic hydroxyl groups excluding tert-OH is 1.